The molecule has 2 N–H and O–H groups in total. The van der Waals surface area contributed by atoms with Crippen molar-refractivity contribution in [3.8, 4) is 11.3 Å². The number of thiophene rings is 1. The number of carbonyl (C=O) groups is 3. The van der Waals surface area contributed by atoms with Gasteiger partial charge in [0.15, 0.2) is 0 Å². The Bertz CT molecular complexity index is 1200. The van der Waals surface area contributed by atoms with Crippen LogP contribution in [0.3, 0.4) is 0 Å². The van der Waals surface area contributed by atoms with Crippen LogP contribution >= 0.6 is 34.5 Å². The lowest BCUT2D eigenvalue weighted by Crippen LogP contribution is -2.15. The molecule has 1 aromatic carbocycles. The topological polar surface area (TPSA) is 110 Å². The fourth-order valence-corrected chi connectivity index (χ4v) is 4.30. The minimum Gasteiger partial charge on any atom is -0.462 e. The van der Waals surface area contributed by atoms with Gasteiger partial charge in [0.2, 0.25) is 0 Å². The van der Waals surface area contributed by atoms with Gasteiger partial charge in [-0.1, -0.05) is 36.2 Å². The van der Waals surface area contributed by atoms with E-state index in [4.69, 9.17) is 32.7 Å². The number of hydrogen-bond donors (Lipinski definition) is 2. The number of rotatable bonds is 8. The number of aromatic nitrogens is 2. The van der Waals surface area contributed by atoms with E-state index in [1.54, 1.807) is 32.0 Å². The van der Waals surface area contributed by atoms with Crippen molar-refractivity contribution in [3.63, 3.8) is 0 Å². The van der Waals surface area contributed by atoms with E-state index < -0.39 is 17.8 Å². The summed E-state index contributed by atoms with van der Waals surface area (Å²) in [6.07, 6.45) is 0.632. The number of H-pyrrole nitrogens is 1. The maximum atomic E-state index is 12.9. The van der Waals surface area contributed by atoms with Gasteiger partial charge in [-0.2, -0.15) is 5.10 Å². The number of benzene rings is 1. The highest BCUT2D eigenvalue weighted by Gasteiger charge is 2.28. The van der Waals surface area contributed by atoms with Gasteiger partial charge in [0.1, 0.15) is 15.6 Å². The number of nitrogens with one attached hydrogen (secondary N) is 2. The summed E-state index contributed by atoms with van der Waals surface area (Å²) in [4.78, 5) is 38.1. The predicted molar refractivity (Wildman–Crippen MR) is 128 cm³/mol. The molecule has 3 rings (SSSR count). The summed E-state index contributed by atoms with van der Waals surface area (Å²) >= 11 is 13.0. The van der Waals surface area contributed by atoms with E-state index in [0.717, 1.165) is 11.3 Å². The second-order valence-corrected chi connectivity index (χ2v) is 8.70. The molecule has 0 fully saturated rings. The minimum absolute atomic E-state index is 0.120. The first-order valence-corrected chi connectivity index (χ1v) is 11.6. The van der Waals surface area contributed by atoms with Crippen molar-refractivity contribution in [3.05, 3.63) is 56.0 Å². The average Bonchev–Trinajstić information content (AvgIpc) is 3.39. The van der Waals surface area contributed by atoms with Crippen LogP contribution in [0.5, 0.6) is 0 Å². The number of halogens is 2. The summed E-state index contributed by atoms with van der Waals surface area (Å²) in [6, 6.07) is 6.53. The van der Waals surface area contributed by atoms with Crippen molar-refractivity contribution in [2.45, 2.75) is 27.2 Å². The van der Waals surface area contributed by atoms with Crippen LogP contribution in [-0.2, 0) is 9.47 Å². The summed E-state index contributed by atoms with van der Waals surface area (Å²) in [5.41, 5.74) is 1.80. The number of carbonyl (C=O) groups excluding carboxylic acids is 3. The zero-order valence-corrected chi connectivity index (χ0v) is 20.4. The smallest absolute Gasteiger partial charge is 0.348 e. The minimum atomic E-state index is -0.627. The van der Waals surface area contributed by atoms with E-state index in [-0.39, 0.29) is 34.3 Å². The predicted octanol–water partition coefficient (Wildman–Crippen LogP) is 5.75. The number of amides is 1. The Morgan fingerprint density at radius 3 is 2.52 bits per heavy atom. The third kappa shape index (κ3) is 5.55. The van der Waals surface area contributed by atoms with Crippen LogP contribution in [0.1, 0.15) is 56.3 Å². The van der Waals surface area contributed by atoms with Crippen LogP contribution in [0.4, 0.5) is 5.00 Å². The van der Waals surface area contributed by atoms with E-state index in [2.05, 4.69) is 15.5 Å². The molecule has 174 valence electrons. The molecule has 0 atom stereocenters. The van der Waals surface area contributed by atoms with Crippen LogP contribution in [0.2, 0.25) is 10.0 Å². The second kappa shape index (κ2) is 10.8. The number of hydrogen-bond acceptors (Lipinski definition) is 7. The fraction of sp³-hybridized carbons (Fsp3) is 0.273. The largest absolute Gasteiger partial charge is 0.462 e. The molecule has 1 amide bonds. The lowest BCUT2D eigenvalue weighted by molar-refractivity contribution is 0.0506. The highest BCUT2D eigenvalue weighted by Crippen LogP contribution is 2.35. The van der Waals surface area contributed by atoms with Crippen molar-refractivity contribution in [1.29, 1.82) is 0 Å². The normalized spacial score (nSPS) is 10.7. The third-order valence-electron chi connectivity index (χ3n) is 4.51. The van der Waals surface area contributed by atoms with Crippen molar-refractivity contribution in [1.82, 2.24) is 10.2 Å². The molecule has 0 bridgehead atoms. The Morgan fingerprint density at radius 1 is 1.09 bits per heavy atom. The van der Waals surface area contributed by atoms with Gasteiger partial charge in [-0.15, -0.1) is 11.3 Å². The Balaban J connectivity index is 1.90. The average molecular weight is 510 g/mol. The highest BCUT2D eigenvalue weighted by molar-refractivity contribution is 7.18. The summed E-state index contributed by atoms with van der Waals surface area (Å²) in [5.74, 6) is -1.75. The van der Waals surface area contributed by atoms with Crippen molar-refractivity contribution in [2.75, 3.05) is 18.5 Å². The summed E-state index contributed by atoms with van der Waals surface area (Å²) in [6.45, 7) is 5.55. The van der Waals surface area contributed by atoms with Gasteiger partial charge >= 0.3 is 11.9 Å². The SMILES string of the molecule is CCCOC(=O)c1c(NC(=O)c2cc(-c3ccc(Cl)c(Cl)c3)n[nH]2)sc(C(=O)OCC)c1C. The summed E-state index contributed by atoms with van der Waals surface area (Å²) in [7, 11) is 0. The Kier molecular flexibility index (Phi) is 8.12. The molecular formula is C22H21Cl2N3O5S. The standard InChI is InChI=1S/C22H21Cl2N3O5S/c1-4-8-32-21(29)17-11(3)18(22(30)31-5-2)33-20(17)25-19(28)16-10-15(26-27-16)12-6-7-13(23)14(24)9-12/h6-7,9-10H,4-5,8H2,1-3H3,(H,25,28)(H,26,27). The van der Waals surface area contributed by atoms with Crippen LogP contribution in [-0.4, -0.2) is 41.3 Å². The van der Waals surface area contributed by atoms with E-state index in [9.17, 15) is 14.4 Å². The maximum Gasteiger partial charge on any atom is 0.348 e. The number of ether oxygens (including phenoxy) is 2. The Hall–Kier alpha value is -2.88. The molecule has 0 spiro atoms. The molecule has 2 heterocycles. The van der Waals surface area contributed by atoms with Gasteiger partial charge in [-0.3, -0.25) is 9.89 Å². The monoisotopic (exact) mass is 509 g/mol. The van der Waals surface area contributed by atoms with Crippen molar-refractivity contribution in [2.24, 2.45) is 0 Å². The molecule has 33 heavy (non-hydrogen) atoms. The van der Waals surface area contributed by atoms with Gasteiger partial charge < -0.3 is 14.8 Å². The number of anilines is 1. The molecule has 0 radical (unpaired) electrons. The lowest BCUT2D eigenvalue weighted by atomic mass is 10.1. The van der Waals surface area contributed by atoms with E-state index in [1.165, 1.54) is 6.07 Å². The van der Waals surface area contributed by atoms with Crippen LogP contribution in [0.25, 0.3) is 11.3 Å². The Labute approximate surface area is 204 Å². The molecular weight excluding hydrogens is 489 g/mol. The number of aromatic amines is 1. The lowest BCUT2D eigenvalue weighted by Gasteiger charge is -2.07. The van der Waals surface area contributed by atoms with Crippen LogP contribution in [0, 0.1) is 6.92 Å². The zero-order valence-electron chi connectivity index (χ0n) is 18.1. The highest BCUT2D eigenvalue weighted by atomic mass is 35.5. The molecule has 0 aliphatic heterocycles. The maximum absolute atomic E-state index is 12.9. The molecule has 0 unspecified atom stereocenters. The Morgan fingerprint density at radius 2 is 1.85 bits per heavy atom. The first-order valence-electron chi connectivity index (χ1n) is 10.1. The van der Waals surface area contributed by atoms with Crippen LogP contribution in [0.15, 0.2) is 24.3 Å². The number of esters is 2. The summed E-state index contributed by atoms with van der Waals surface area (Å²) in [5, 5.41) is 10.4. The molecule has 2 aromatic heterocycles. The third-order valence-corrected chi connectivity index (χ3v) is 6.44. The first kappa shape index (κ1) is 24.8. The van der Waals surface area contributed by atoms with E-state index in [1.807, 2.05) is 6.92 Å². The first-order chi connectivity index (χ1) is 15.8. The van der Waals surface area contributed by atoms with Gasteiger partial charge in [-0.25, -0.2) is 9.59 Å². The second-order valence-electron chi connectivity index (χ2n) is 6.87. The van der Waals surface area contributed by atoms with Gasteiger partial charge in [-0.05, 0) is 44.0 Å². The fourth-order valence-electron chi connectivity index (χ4n) is 2.92. The summed E-state index contributed by atoms with van der Waals surface area (Å²) < 4.78 is 10.3. The van der Waals surface area contributed by atoms with Gasteiger partial charge in [0.25, 0.3) is 5.91 Å². The zero-order chi connectivity index (χ0) is 24.1. The molecule has 3 aromatic rings. The number of nitrogens with zero attached hydrogens (tertiary/aromatic N) is 1. The van der Waals surface area contributed by atoms with E-state index in [0.29, 0.717) is 33.3 Å². The molecule has 0 saturated heterocycles. The van der Waals surface area contributed by atoms with Gasteiger partial charge in [0.05, 0.1) is 34.5 Å². The van der Waals surface area contributed by atoms with Crippen LogP contribution < -0.4 is 5.32 Å². The molecule has 11 heteroatoms. The molecule has 0 aliphatic rings. The van der Waals surface area contributed by atoms with Crippen molar-refractivity contribution < 1.29 is 23.9 Å². The molecule has 8 nitrogen and oxygen atoms in total. The molecule has 0 saturated carbocycles. The van der Waals surface area contributed by atoms with Gasteiger partial charge in [0, 0.05) is 5.56 Å². The quantitative estimate of drug-likeness (QED) is 0.374. The van der Waals surface area contributed by atoms with E-state index >= 15 is 0 Å². The van der Waals surface area contributed by atoms with Crippen molar-refractivity contribution >= 4 is 57.4 Å². The molecule has 0 aliphatic carbocycles.